The number of hydrogen-bond donors (Lipinski definition) is 2. The van der Waals surface area contributed by atoms with Gasteiger partial charge in [0.25, 0.3) is 0 Å². The zero-order valence-electron chi connectivity index (χ0n) is 18.5. The fraction of sp³-hybridized carbons (Fsp3) is 0.375. The van der Waals surface area contributed by atoms with E-state index < -0.39 is 0 Å². The van der Waals surface area contributed by atoms with Gasteiger partial charge in [-0.1, -0.05) is 43.7 Å². The van der Waals surface area contributed by atoms with Crippen LogP contribution in [0.1, 0.15) is 44.2 Å². The van der Waals surface area contributed by atoms with Crippen LogP contribution in [-0.2, 0) is 7.05 Å². The fourth-order valence-electron chi connectivity index (χ4n) is 4.58. The number of nitrogens with one attached hydrogen (secondary N) is 2. The third-order valence-corrected chi connectivity index (χ3v) is 6.60. The Balaban J connectivity index is 1.54. The van der Waals surface area contributed by atoms with Gasteiger partial charge in [-0.05, 0) is 30.5 Å². The van der Waals surface area contributed by atoms with Crippen LogP contribution >= 0.6 is 11.6 Å². The summed E-state index contributed by atoms with van der Waals surface area (Å²) in [6, 6.07) is 7.86. The molecule has 0 saturated heterocycles. The first-order valence-corrected chi connectivity index (χ1v) is 11.7. The number of hydrogen-bond acceptors (Lipinski definition) is 6. The van der Waals surface area contributed by atoms with Crippen LogP contribution in [0.25, 0.3) is 33.5 Å². The molecule has 1 aliphatic carbocycles. The summed E-state index contributed by atoms with van der Waals surface area (Å²) in [5, 5.41) is 26.1. The smallest absolute Gasteiger partial charge is 0.183 e. The highest BCUT2D eigenvalue weighted by Crippen LogP contribution is 2.35. The number of H-pyrrole nitrogens is 1. The Labute approximate surface area is 197 Å². The number of halogens is 1. The van der Waals surface area contributed by atoms with Crippen molar-refractivity contribution in [1.82, 2.24) is 29.9 Å². The first kappa shape index (κ1) is 21.4. The highest BCUT2D eigenvalue weighted by atomic mass is 35.5. The highest BCUT2D eigenvalue weighted by molar-refractivity contribution is 6.35. The fourth-order valence-corrected chi connectivity index (χ4v) is 4.85. The molecule has 3 heterocycles. The Morgan fingerprint density at radius 3 is 2.82 bits per heavy atom. The maximum atomic E-state index is 9.84. The quantitative estimate of drug-likeness (QED) is 0.402. The van der Waals surface area contributed by atoms with E-state index in [1.807, 2.05) is 31.4 Å². The minimum Gasteiger partial charge on any atom is -0.368 e. The molecule has 1 aromatic carbocycles. The van der Waals surface area contributed by atoms with E-state index in [0.717, 1.165) is 35.3 Å². The van der Waals surface area contributed by atoms with E-state index in [-0.39, 0.29) is 5.69 Å². The minimum absolute atomic E-state index is 0.261. The molecule has 0 bridgehead atoms. The SMILES string of the molecule is Cn1ccc(-c2nc(NCCC3CCCCC3)c(C#N)nc2-c2cc(Cl)c3[nH]ncc3c2)n1. The number of rotatable bonds is 6. The third-order valence-electron chi connectivity index (χ3n) is 6.30. The summed E-state index contributed by atoms with van der Waals surface area (Å²) in [6.45, 7) is 0.766. The van der Waals surface area contributed by atoms with Crippen molar-refractivity contribution in [3.63, 3.8) is 0 Å². The number of aromatic nitrogens is 6. The lowest BCUT2D eigenvalue weighted by atomic mass is 9.87. The molecule has 0 radical (unpaired) electrons. The summed E-state index contributed by atoms with van der Waals surface area (Å²) < 4.78 is 1.72. The average molecular weight is 461 g/mol. The number of benzene rings is 1. The Morgan fingerprint density at radius 1 is 1.21 bits per heavy atom. The number of fused-ring (bicyclic) bond motifs is 1. The predicted octanol–water partition coefficient (Wildman–Crippen LogP) is 5.33. The van der Waals surface area contributed by atoms with Crippen LogP contribution in [0, 0.1) is 17.2 Å². The third kappa shape index (κ3) is 4.41. The van der Waals surface area contributed by atoms with Crippen molar-refractivity contribution in [2.75, 3.05) is 11.9 Å². The van der Waals surface area contributed by atoms with E-state index in [0.29, 0.717) is 27.9 Å². The maximum Gasteiger partial charge on any atom is 0.183 e. The van der Waals surface area contributed by atoms with Gasteiger partial charge in [-0.2, -0.15) is 15.5 Å². The highest BCUT2D eigenvalue weighted by Gasteiger charge is 2.20. The van der Waals surface area contributed by atoms with E-state index in [1.165, 1.54) is 32.1 Å². The van der Waals surface area contributed by atoms with Gasteiger partial charge < -0.3 is 5.32 Å². The van der Waals surface area contributed by atoms with Gasteiger partial charge in [-0.3, -0.25) is 9.78 Å². The number of aryl methyl sites for hydroxylation is 1. The molecule has 0 amide bonds. The lowest BCUT2D eigenvalue weighted by Gasteiger charge is -2.21. The zero-order valence-corrected chi connectivity index (χ0v) is 19.2. The van der Waals surface area contributed by atoms with Crippen molar-refractivity contribution in [1.29, 1.82) is 5.26 Å². The van der Waals surface area contributed by atoms with Crippen molar-refractivity contribution < 1.29 is 0 Å². The van der Waals surface area contributed by atoms with E-state index in [1.54, 1.807) is 10.9 Å². The second-order valence-electron chi connectivity index (χ2n) is 8.62. The summed E-state index contributed by atoms with van der Waals surface area (Å²) in [5.74, 6) is 1.23. The summed E-state index contributed by atoms with van der Waals surface area (Å²) in [5.41, 5.74) is 3.63. The molecule has 168 valence electrons. The molecule has 5 rings (SSSR count). The molecule has 4 aromatic rings. The Hall–Kier alpha value is -3.44. The van der Waals surface area contributed by atoms with E-state index in [4.69, 9.17) is 21.6 Å². The van der Waals surface area contributed by atoms with Crippen molar-refractivity contribution in [3.05, 3.63) is 41.3 Å². The van der Waals surface area contributed by atoms with E-state index in [9.17, 15) is 5.26 Å². The first-order valence-electron chi connectivity index (χ1n) is 11.3. The lowest BCUT2D eigenvalue weighted by Crippen LogP contribution is -2.14. The first-order chi connectivity index (χ1) is 16.1. The molecule has 3 aromatic heterocycles. The molecule has 0 aliphatic heterocycles. The standard InChI is InChI=1S/C24H25ClN8/c1-33-10-8-19(32-33)23-22(16-11-17-14-28-31-21(17)18(25)12-16)29-20(13-26)24(30-23)27-9-7-15-5-3-2-4-6-15/h8,10-12,14-15H,2-7,9H2,1H3,(H,27,30)(H,28,31). The largest absolute Gasteiger partial charge is 0.368 e. The molecular weight excluding hydrogens is 436 g/mol. The Morgan fingerprint density at radius 2 is 2.06 bits per heavy atom. The number of nitriles is 1. The molecule has 9 heteroatoms. The van der Waals surface area contributed by atoms with Crippen LogP contribution < -0.4 is 5.32 Å². The molecule has 1 saturated carbocycles. The topological polar surface area (TPSA) is 108 Å². The normalized spacial score (nSPS) is 14.5. The van der Waals surface area contributed by atoms with Crippen molar-refractivity contribution >= 4 is 28.3 Å². The van der Waals surface area contributed by atoms with Gasteiger partial charge in [0.2, 0.25) is 0 Å². The molecule has 0 spiro atoms. The molecule has 33 heavy (non-hydrogen) atoms. The van der Waals surface area contributed by atoms with Crippen LogP contribution in [0.2, 0.25) is 5.02 Å². The predicted molar refractivity (Wildman–Crippen MR) is 129 cm³/mol. The Kier molecular flexibility index (Phi) is 5.97. The van der Waals surface area contributed by atoms with Crippen LogP contribution in [0.15, 0.2) is 30.6 Å². The monoisotopic (exact) mass is 460 g/mol. The van der Waals surface area contributed by atoms with E-state index in [2.05, 4.69) is 26.7 Å². The molecule has 2 N–H and O–H groups in total. The van der Waals surface area contributed by atoms with Gasteiger partial charge in [-0.15, -0.1) is 0 Å². The van der Waals surface area contributed by atoms with Gasteiger partial charge >= 0.3 is 0 Å². The lowest BCUT2D eigenvalue weighted by molar-refractivity contribution is 0.345. The summed E-state index contributed by atoms with van der Waals surface area (Å²) in [7, 11) is 1.86. The van der Waals surface area contributed by atoms with Gasteiger partial charge in [-0.25, -0.2) is 9.97 Å². The summed E-state index contributed by atoms with van der Waals surface area (Å²) in [6.07, 6.45) is 11.2. The number of anilines is 1. The van der Waals surface area contributed by atoms with Gasteiger partial charge in [0.15, 0.2) is 11.5 Å². The van der Waals surface area contributed by atoms with Crippen molar-refractivity contribution in [2.24, 2.45) is 13.0 Å². The summed E-state index contributed by atoms with van der Waals surface area (Å²) in [4.78, 5) is 9.57. The summed E-state index contributed by atoms with van der Waals surface area (Å²) >= 11 is 6.49. The van der Waals surface area contributed by atoms with E-state index >= 15 is 0 Å². The number of nitrogens with zero attached hydrogens (tertiary/aromatic N) is 6. The average Bonchev–Trinajstić information content (AvgIpc) is 3.48. The van der Waals surface area contributed by atoms with Crippen molar-refractivity contribution in [3.8, 4) is 28.7 Å². The second kappa shape index (κ2) is 9.20. The Bertz CT molecular complexity index is 1330. The molecule has 0 unspecified atom stereocenters. The number of aromatic amines is 1. The molecular formula is C24H25ClN8. The van der Waals surface area contributed by atoms with Gasteiger partial charge in [0, 0.05) is 30.7 Å². The second-order valence-corrected chi connectivity index (χ2v) is 9.02. The zero-order chi connectivity index (χ0) is 22.8. The minimum atomic E-state index is 0.261. The molecule has 1 fully saturated rings. The van der Waals surface area contributed by atoms with Gasteiger partial charge in [0.05, 0.1) is 16.7 Å². The molecule has 1 aliphatic rings. The van der Waals surface area contributed by atoms with Crippen LogP contribution in [-0.4, -0.2) is 36.5 Å². The van der Waals surface area contributed by atoms with Crippen LogP contribution in [0.3, 0.4) is 0 Å². The van der Waals surface area contributed by atoms with Crippen LogP contribution in [0.4, 0.5) is 5.82 Å². The van der Waals surface area contributed by atoms with Crippen LogP contribution in [0.5, 0.6) is 0 Å². The molecule has 0 atom stereocenters. The molecule has 8 nitrogen and oxygen atoms in total. The van der Waals surface area contributed by atoms with Gasteiger partial charge in [0.1, 0.15) is 23.2 Å². The maximum absolute atomic E-state index is 9.84. The van der Waals surface area contributed by atoms with Crippen molar-refractivity contribution in [2.45, 2.75) is 38.5 Å².